The van der Waals surface area contributed by atoms with Crippen molar-refractivity contribution in [3.63, 3.8) is 0 Å². The topological polar surface area (TPSA) is 60.2 Å². The van der Waals surface area contributed by atoms with Gasteiger partial charge in [-0.25, -0.2) is 0 Å². The summed E-state index contributed by atoms with van der Waals surface area (Å²) >= 11 is 0. The fourth-order valence-corrected chi connectivity index (χ4v) is 1.85. The highest BCUT2D eigenvalue weighted by Gasteiger charge is 2.10. The van der Waals surface area contributed by atoms with Crippen LogP contribution in [0.5, 0.6) is 0 Å². The van der Waals surface area contributed by atoms with Gasteiger partial charge in [-0.15, -0.1) is 0 Å². The zero-order valence-corrected chi connectivity index (χ0v) is 13.0. The maximum atomic E-state index is 10.9. The van der Waals surface area contributed by atoms with Gasteiger partial charge in [-0.2, -0.15) is 0 Å². The first-order valence-corrected chi connectivity index (χ1v) is 7.86. The number of hydrogen-bond donors (Lipinski definition) is 0. The lowest BCUT2D eigenvalue weighted by Crippen LogP contribution is -2.13. The van der Waals surface area contributed by atoms with Gasteiger partial charge in [0.1, 0.15) is 0 Å². The van der Waals surface area contributed by atoms with E-state index in [-0.39, 0.29) is 4.92 Å². The summed E-state index contributed by atoms with van der Waals surface area (Å²) in [7, 11) is 0. The Bertz CT molecular complexity index is 366. The summed E-state index contributed by atoms with van der Waals surface area (Å²) in [6.45, 7) is 2.13. The van der Waals surface area contributed by atoms with Crippen LogP contribution in [0.3, 0.4) is 0 Å². The molecule has 0 spiro atoms. The normalized spacial score (nSPS) is 11.9. The van der Waals surface area contributed by atoms with E-state index in [0.717, 1.165) is 51.4 Å². The Morgan fingerprint density at radius 1 is 1.10 bits per heavy atom. The number of allylic oxidation sites excluding steroid dienone is 1. The van der Waals surface area contributed by atoms with E-state index in [1.165, 1.54) is 0 Å². The van der Waals surface area contributed by atoms with Crippen molar-refractivity contribution in [3.8, 4) is 11.8 Å². The zero-order chi connectivity index (χ0) is 15.8. The molecule has 1 atom stereocenters. The molecule has 0 bridgehead atoms. The molecule has 1 unspecified atom stereocenters. The lowest BCUT2D eigenvalue weighted by Gasteiger charge is -1.97. The third kappa shape index (κ3) is 13.1. The molecular formula is C17H26NO3. The monoisotopic (exact) mass is 292 g/mol. The van der Waals surface area contributed by atoms with Gasteiger partial charge < -0.3 is 0 Å². The van der Waals surface area contributed by atoms with Crippen molar-refractivity contribution in [1.29, 1.82) is 0 Å². The average molecular weight is 292 g/mol. The third-order valence-corrected chi connectivity index (χ3v) is 3.10. The summed E-state index contributed by atoms with van der Waals surface area (Å²) in [5.74, 6) is 5.60. The van der Waals surface area contributed by atoms with Gasteiger partial charge >= 0.3 is 0 Å². The van der Waals surface area contributed by atoms with Gasteiger partial charge in [0.2, 0.25) is 0 Å². The second kappa shape index (κ2) is 14.8. The smallest absolute Gasteiger partial charge is 0.290 e. The van der Waals surface area contributed by atoms with Crippen molar-refractivity contribution in [3.05, 3.63) is 22.3 Å². The number of rotatable bonds is 12. The minimum atomic E-state index is -0.878. The second-order valence-electron chi connectivity index (χ2n) is 5.03. The summed E-state index contributed by atoms with van der Waals surface area (Å²) in [6, 6.07) is -0.878. The van der Waals surface area contributed by atoms with E-state index < -0.39 is 6.04 Å². The first-order valence-electron chi connectivity index (χ1n) is 7.86. The molecule has 0 rings (SSSR count). The molecule has 0 saturated heterocycles. The Kier molecular flexibility index (Phi) is 13.6. The van der Waals surface area contributed by atoms with Gasteiger partial charge in [-0.1, -0.05) is 44.6 Å². The maximum absolute atomic E-state index is 10.9. The summed E-state index contributed by atoms with van der Waals surface area (Å²) < 4.78 is 0. The highest BCUT2D eigenvalue weighted by atomic mass is 16.6. The van der Waals surface area contributed by atoms with Gasteiger partial charge in [0, 0.05) is 17.8 Å². The fourth-order valence-electron chi connectivity index (χ4n) is 1.85. The molecule has 0 heterocycles. The van der Waals surface area contributed by atoms with Crippen LogP contribution < -0.4 is 0 Å². The van der Waals surface area contributed by atoms with Crippen molar-refractivity contribution in [2.75, 3.05) is 0 Å². The van der Waals surface area contributed by atoms with E-state index in [9.17, 15) is 14.9 Å². The largest absolute Gasteiger partial charge is 0.291 e. The summed E-state index contributed by atoms with van der Waals surface area (Å²) in [5, 5.41) is 10.9. The molecule has 0 amide bonds. The molecule has 0 aromatic carbocycles. The Morgan fingerprint density at radius 3 is 2.43 bits per heavy atom. The average Bonchev–Trinajstić information content (AvgIpc) is 2.47. The van der Waals surface area contributed by atoms with Crippen LogP contribution in [0.25, 0.3) is 0 Å². The molecule has 0 N–H and O–H groups in total. The lowest BCUT2D eigenvalue weighted by molar-refractivity contribution is -0.493. The van der Waals surface area contributed by atoms with Crippen LogP contribution in [0, 0.1) is 22.0 Å². The second-order valence-corrected chi connectivity index (χ2v) is 5.03. The van der Waals surface area contributed by atoms with Crippen molar-refractivity contribution in [1.82, 2.24) is 0 Å². The predicted octanol–water partition coefficient (Wildman–Crippen LogP) is 4.22. The molecule has 21 heavy (non-hydrogen) atoms. The van der Waals surface area contributed by atoms with Gasteiger partial charge in [-0.05, 0) is 37.7 Å². The molecule has 117 valence electrons. The number of nitro groups is 1. The standard InChI is InChI=1S/C17H26NO3/c1-2-3-4-8-11-14-17(18(20)21)15-12-9-6-5-7-10-13-16-19/h11,14,17H,2-10,13H2,1H3/b14-11+. The number of unbranched alkanes of at least 4 members (excludes halogenated alkanes) is 8. The van der Waals surface area contributed by atoms with Gasteiger partial charge in [0.25, 0.3) is 6.04 Å². The molecular weight excluding hydrogens is 266 g/mol. The van der Waals surface area contributed by atoms with Crippen LogP contribution in [0.2, 0.25) is 0 Å². The van der Waals surface area contributed by atoms with Crippen LogP contribution in [0.15, 0.2) is 12.2 Å². The highest BCUT2D eigenvalue weighted by Crippen LogP contribution is 2.04. The minimum Gasteiger partial charge on any atom is -0.291 e. The predicted molar refractivity (Wildman–Crippen MR) is 85.2 cm³/mol. The molecule has 0 aliphatic heterocycles. The number of nitrogens with zero attached hydrogens (tertiary/aromatic N) is 1. The molecule has 0 aliphatic rings. The Hall–Kier alpha value is -1.63. The van der Waals surface area contributed by atoms with Gasteiger partial charge in [0.05, 0.1) is 0 Å². The SMILES string of the molecule is CCCCC/C=C/C(C#CCCCCCC[C]=O)[N+](=O)[O-]. The Balaban J connectivity index is 3.90. The molecule has 0 saturated carbocycles. The third-order valence-electron chi connectivity index (χ3n) is 3.10. The van der Waals surface area contributed by atoms with Crippen LogP contribution >= 0.6 is 0 Å². The quantitative estimate of drug-likeness (QED) is 0.178. The maximum Gasteiger partial charge on any atom is 0.290 e. The van der Waals surface area contributed by atoms with Crippen LogP contribution in [-0.2, 0) is 4.79 Å². The van der Waals surface area contributed by atoms with Crippen molar-refractivity contribution in [2.24, 2.45) is 0 Å². The van der Waals surface area contributed by atoms with Crippen molar-refractivity contribution < 1.29 is 9.72 Å². The zero-order valence-electron chi connectivity index (χ0n) is 13.0. The van der Waals surface area contributed by atoms with Crippen LogP contribution in [0.1, 0.15) is 71.1 Å². The summed E-state index contributed by atoms with van der Waals surface area (Å²) in [6.07, 6.45) is 14.6. The van der Waals surface area contributed by atoms with Crippen LogP contribution in [-0.4, -0.2) is 17.3 Å². The fraction of sp³-hybridized carbons (Fsp3) is 0.706. The molecule has 0 fully saturated rings. The Morgan fingerprint density at radius 2 is 1.81 bits per heavy atom. The first-order chi connectivity index (χ1) is 10.2. The van der Waals surface area contributed by atoms with E-state index in [2.05, 4.69) is 18.8 Å². The molecule has 0 aromatic heterocycles. The molecule has 4 nitrogen and oxygen atoms in total. The van der Waals surface area contributed by atoms with Gasteiger partial charge in [0.15, 0.2) is 6.29 Å². The van der Waals surface area contributed by atoms with Crippen molar-refractivity contribution in [2.45, 2.75) is 77.2 Å². The van der Waals surface area contributed by atoms with Crippen LogP contribution in [0.4, 0.5) is 0 Å². The molecule has 4 heteroatoms. The minimum absolute atomic E-state index is 0.344. The molecule has 1 radical (unpaired) electrons. The lowest BCUT2D eigenvalue weighted by atomic mass is 10.1. The highest BCUT2D eigenvalue weighted by molar-refractivity contribution is 5.50. The first kappa shape index (κ1) is 19.4. The number of hydrogen-bond acceptors (Lipinski definition) is 3. The van der Waals surface area contributed by atoms with E-state index in [1.54, 1.807) is 6.08 Å². The van der Waals surface area contributed by atoms with E-state index in [0.29, 0.717) is 12.8 Å². The van der Waals surface area contributed by atoms with E-state index >= 15 is 0 Å². The van der Waals surface area contributed by atoms with E-state index in [4.69, 9.17) is 0 Å². The van der Waals surface area contributed by atoms with E-state index in [1.807, 2.05) is 12.4 Å². The van der Waals surface area contributed by atoms with Gasteiger partial charge in [-0.3, -0.25) is 14.9 Å². The summed E-state index contributed by atoms with van der Waals surface area (Å²) in [4.78, 5) is 20.5. The summed E-state index contributed by atoms with van der Waals surface area (Å²) in [5.41, 5.74) is 0. The molecule has 0 aromatic rings. The Labute approximate surface area is 128 Å². The van der Waals surface area contributed by atoms with Crippen molar-refractivity contribution >= 4 is 6.29 Å². The molecule has 0 aliphatic carbocycles. The number of carbonyl (C=O) groups excluding carboxylic acids is 1.